The number of aryl methyl sites for hydroxylation is 1. The van der Waals surface area contributed by atoms with Crippen molar-refractivity contribution < 1.29 is 31.1 Å². The fraction of sp³-hybridized carbons (Fsp3) is 0.312. The summed E-state index contributed by atoms with van der Waals surface area (Å²) in [4.78, 5) is 11.9. The molecular weight excluding hydrogens is 391 g/mol. The number of carbonyl (C=O) groups excluding carboxylic acids is 1. The maximum Gasteiger partial charge on any atom is 0.429 e. The van der Waals surface area contributed by atoms with Crippen LogP contribution in [-0.4, -0.2) is 38.5 Å². The van der Waals surface area contributed by atoms with E-state index >= 15 is 0 Å². The molecule has 1 aromatic carbocycles. The van der Waals surface area contributed by atoms with Gasteiger partial charge in [-0.3, -0.25) is 4.79 Å². The Labute approximate surface area is 153 Å². The number of likely N-dealkylation sites (N-methyl/N-ethyl adjacent to an activating group) is 1. The fourth-order valence-electron chi connectivity index (χ4n) is 2.06. The maximum atomic E-state index is 13.3. The second-order valence-corrected chi connectivity index (χ2v) is 8.73. The molecule has 0 aliphatic carbocycles. The molecule has 1 aromatic heterocycles. The number of alkyl halides is 3. The van der Waals surface area contributed by atoms with E-state index in [4.69, 9.17) is 0 Å². The lowest BCUT2D eigenvalue weighted by Gasteiger charge is -2.22. The van der Waals surface area contributed by atoms with E-state index < -0.39 is 34.8 Å². The van der Waals surface area contributed by atoms with Crippen LogP contribution in [0.25, 0.3) is 0 Å². The smallest absolute Gasteiger partial charge is 0.429 e. The first-order chi connectivity index (χ1) is 12.0. The van der Waals surface area contributed by atoms with Crippen LogP contribution in [0.1, 0.15) is 17.2 Å². The van der Waals surface area contributed by atoms with Gasteiger partial charge in [0.25, 0.3) is 10.0 Å². The quantitative estimate of drug-likeness (QED) is 0.688. The molecule has 0 aliphatic rings. The fourth-order valence-corrected chi connectivity index (χ4v) is 4.38. The van der Waals surface area contributed by atoms with Gasteiger partial charge in [0, 0.05) is 12.6 Å². The first kappa shape index (κ1) is 20.4. The largest absolute Gasteiger partial charge is 0.447 e. The topological polar surface area (TPSA) is 63.7 Å². The molecule has 0 spiro atoms. The Morgan fingerprint density at radius 2 is 1.85 bits per heavy atom. The van der Waals surface area contributed by atoms with E-state index in [0.29, 0.717) is 4.31 Å². The van der Waals surface area contributed by atoms with Crippen molar-refractivity contribution in [2.75, 3.05) is 13.6 Å². The van der Waals surface area contributed by atoms with Crippen molar-refractivity contribution in [3.8, 4) is 0 Å². The highest BCUT2D eigenvalue weighted by Gasteiger charge is 2.44. The molecule has 0 N–H and O–H groups in total. The van der Waals surface area contributed by atoms with Gasteiger partial charge in [-0.05, 0) is 18.4 Å². The molecule has 0 amide bonds. The SMILES string of the molecule is Cc1ccc([C@H](OC(=O)CN(C)S(=O)(=O)c2cccs2)C(F)(F)F)cc1. The van der Waals surface area contributed by atoms with Gasteiger partial charge in [-0.25, -0.2) is 8.42 Å². The van der Waals surface area contributed by atoms with Crippen LogP contribution in [0, 0.1) is 6.92 Å². The van der Waals surface area contributed by atoms with Crippen LogP contribution in [0.15, 0.2) is 46.0 Å². The molecule has 5 nitrogen and oxygen atoms in total. The molecule has 0 saturated carbocycles. The zero-order chi connectivity index (χ0) is 19.5. The molecule has 0 fully saturated rings. The number of thiophene rings is 1. The Balaban J connectivity index is 2.14. The van der Waals surface area contributed by atoms with Gasteiger partial charge in [0.15, 0.2) is 0 Å². The van der Waals surface area contributed by atoms with E-state index in [2.05, 4.69) is 4.74 Å². The van der Waals surface area contributed by atoms with Gasteiger partial charge in [-0.2, -0.15) is 17.5 Å². The summed E-state index contributed by atoms with van der Waals surface area (Å²) in [6, 6.07) is 8.22. The summed E-state index contributed by atoms with van der Waals surface area (Å²) in [5.41, 5.74) is 0.517. The minimum Gasteiger partial charge on any atom is -0.447 e. The van der Waals surface area contributed by atoms with Crippen LogP contribution in [0.2, 0.25) is 0 Å². The molecule has 0 unspecified atom stereocenters. The zero-order valence-electron chi connectivity index (χ0n) is 13.9. The van der Waals surface area contributed by atoms with Crippen molar-refractivity contribution in [3.63, 3.8) is 0 Å². The van der Waals surface area contributed by atoms with Crippen molar-refractivity contribution in [3.05, 3.63) is 52.9 Å². The highest BCUT2D eigenvalue weighted by atomic mass is 32.2. The van der Waals surface area contributed by atoms with E-state index in [1.807, 2.05) is 0 Å². The Morgan fingerprint density at radius 3 is 2.35 bits per heavy atom. The minimum atomic E-state index is -4.82. The molecule has 0 saturated heterocycles. The van der Waals surface area contributed by atoms with Gasteiger partial charge in [0.1, 0.15) is 10.8 Å². The summed E-state index contributed by atoms with van der Waals surface area (Å²) >= 11 is 0.940. The Bertz CT molecular complexity index is 847. The summed E-state index contributed by atoms with van der Waals surface area (Å²) in [7, 11) is -2.86. The summed E-state index contributed by atoms with van der Waals surface area (Å²) in [6.07, 6.45) is -7.29. The standard InChI is InChI=1S/C16H16F3NO4S2/c1-11-5-7-12(8-6-11)15(16(17,18)19)24-13(21)10-20(2)26(22,23)14-4-3-9-25-14/h3-9,15H,10H2,1-2H3/t15-/m0/s1. The molecule has 0 bridgehead atoms. The van der Waals surface area contributed by atoms with Crippen LogP contribution >= 0.6 is 11.3 Å². The van der Waals surface area contributed by atoms with Gasteiger partial charge in [-0.15, -0.1) is 11.3 Å². The molecule has 1 atom stereocenters. The van der Waals surface area contributed by atoms with E-state index in [1.165, 1.54) is 41.8 Å². The Kier molecular flexibility index (Phi) is 6.09. The van der Waals surface area contributed by atoms with Gasteiger partial charge in [-0.1, -0.05) is 35.9 Å². The van der Waals surface area contributed by atoms with Crippen LogP contribution in [0.5, 0.6) is 0 Å². The average molecular weight is 407 g/mol. The maximum absolute atomic E-state index is 13.3. The number of nitrogens with zero attached hydrogens (tertiary/aromatic N) is 1. The number of ether oxygens (including phenoxy) is 1. The molecule has 0 radical (unpaired) electrons. The van der Waals surface area contributed by atoms with Crippen LogP contribution in [0.3, 0.4) is 0 Å². The number of esters is 1. The third-order valence-electron chi connectivity index (χ3n) is 3.44. The van der Waals surface area contributed by atoms with Crippen molar-refractivity contribution in [1.82, 2.24) is 4.31 Å². The molecule has 1 heterocycles. The monoisotopic (exact) mass is 407 g/mol. The van der Waals surface area contributed by atoms with Crippen molar-refractivity contribution in [2.45, 2.75) is 23.4 Å². The number of sulfonamides is 1. The average Bonchev–Trinajstić information content (AvgIpc) is 3.07. The predicted molar refractivity (Wildman–Crippen MR) is 90.2 cm³/mol. The number of carbonyl (C=O) groups is 1. The van der Waals surface area contributed by atoms with Crippen LogP contribution < -0.4 is 0 Å². The lowest BCUT2D eigenvalue weighted by Crippen LogP contribution is -2.35. The minimum absolute atomic E-state index is 0.0151. The van der Waals surface area contributed by atoms with E-state index in [0.717, 1.165) is 23.9 Å². The second kappa shape index (κ2) is 7.77. The first-order valence-electron chi connectivity index (χ1n) is 7.34. The Hall–Kier alpha value is -1.91. The van der Waals surface area contributed by atoms with Crippen LogP contribution in [-0.2, 0) is 19.6 Å². The zero-order valence-corrected chi connectivity index (χ0v) is 15.5. The third kappa shape index (κ3) is 4.83. The number of benzene rings is 1. The number of hydrogen-bond donors (Lipinski definition) is 0. The highest BCUT2D eigenvalue weighted by Crippen LogP contribution is 2.36. The van der Waals surface area contributed by atoms with Gasteiger partial charge in [0.2, 0.25) is 6.10 Å². The van der Waals surface area contributed by atoms with Gasteiger partial charge >= 0.3 is 12.1 Å². The summed E-state index contributed by atoms with van der Waals surface area (Å²) in [5, 5.41) is 1.54. The number of halogens is 3. The molecule has 2 rings (SSSR count). The lowest BCUT2D eigenvalue weighted by atomic mass is 10.1. The summed E-state index contributed by atoms with van der Waals surface area (Å²) in [6.45, 7) is 0.876. The molecule has 10 heteroatoms. The third-order valence-corrected chi connectivity index (χ3v) is 6.61. The van der Waals surface area contributed by atoms with Gasteiger partial charge < -0.3 is 4.74 Å². The molecule has 2 aromatic rings. The van der Waals surface area contributed by atoms with E-state index in [-0.39, 0.29) is 9.77 Å². The van der Waals surface area contributed by atoms with E-state index in [1.54, 1.807) is 6.92 Å². The normalized spacial score (nSPS) is 13.6. The predicted octanol–water partition coefficient (Wildman–Crippen LogP) is 3.52. The van der Waals surface area contributed by atoms with Crippen molar-refractivity contribution in [2.24, 2.45) is 0 Å². The van der Waals surface area contributed by atoms with E-state index in [9.17, 15) is 26.4 Å². The van der Waals surface area contributed by atoms with Crippen molar-refractivity contribution in [1.29, 1.82) is 0 Å². The first-order valence-corrected chi connectivity index (χ1v) is 9.66. The highest BCUT2D eigenvalue weighted by molar-refractivity contribution is 7.91. The summed E-state index contributed by atoms with van der Waals surface area (Å²) in [5.74, 6) is -1.30. The molecule has 26 heavy (non-hydrogen) atoms. The van der Waals surface area contributed by atoms with Crippen molar-refractivity contribution >= 4 is 27.3 Å². The van der Waals surface area contributed by atoms with Crippen LogP contribution in [0.4, 0.5) is 13.2 Å². The second-order valence-electron chi connectivity index (χ2n) is 5.52. The number of rotatable bonds is 6. The lowest BCUT2D eigenvalue weighted by molar-refractivity contribution is -0.224. The molecular formula is C16H16F3NO4S2. The Morgan fingerprint density at radius 1 is 1.23 bits per heavy atom. The molecule has 0 aliphatic heterocycles. The summed E-state index contributed by atoms with van der Waals surface area (Å²) < 4.78 is 69.4. The number of hydrogen-bond acceptors (Lipinski definition) is 5. The van der Waals surface area contributed by atoms with Gasteiger partial charge in [0.05, 0.1) is 0 Å². The molecule has 142 valence electrons.